The molecule has 2 aromatic rings. The molecule has 0 N–H and O–H groups in total. The van der Waals surface area contributed by atoms with Crippen LogP contribution in [-0.2, 0) is 11.2 Å². The molecule has 138 valence electrons. The Balaban J connectivity index is 1.47. The molecular weight excluding hydrogens is 334 g/mol. The number of hydrogen-bond donors (Lipinski definition) is 0. The van der Waals surface area contributed by atoms with E-state index in [1.54, 1.807) is 17.9 Å². The lowest BCUT2D eigenvalue weighted by molar-refractivity contribution is -0.139. The molecule has 1 aromatic heterocycles. The Hall–Kier alpha value is -2.76. The van der Waals surface area contributed by atoms with Crippen LogP contribution in [0.2, 0.25) is 0 Å². The average Bonchev–Trinajstić information content (AvgIpc) is 2.56. The van der Waals surface area contributed by atoms with Gasteiger partial charge < -0.3 is 18.8 Å². The number of likely N-dealkylation sites (tertiary alicyclic amines) is 1. The maximum Gasteiger partial charge on any atom is 0.339 e. The largest absolute Gasteiger partial charge is 0.494 e. The van der Waals surface area contributed by atoms with Crippen LogP contribution in [0.1, 0.15) is 24.7 Å². The zero-order chi connectivity index (χ0) is 18.5. The number of benzene rings is 1. The van der Waals surface area contributed by atoms with Crippen molar-refractivity contribution in [2.45, 2.75) is 32.8 Å². The zero-order valence-corrected chi connectivity index (χ0v) is 15.1. The van der Waals surface area contributed by atoms with Gasteiger partial charge in [-0.3, -0.25) is 4.79 Å². The fraction of sp³-hybridized carbons (Fsp3) is 0.400. The summed E-state index contributed by atoms with van der Waals surface area (Å²) in [5.74, 6) is 1.93. The van der Waals surface area contributed by atoms with E-state index in [4.69, 9.17) is 13.9 Å². The highest BCUT2D eigenvalue weighted by Gasteiger charge is 2.32. The first-order chi connectivity index (χ1) is 12.5. The molecule has 6 nitrogen and oxygen atoms in total. The SMILES string of the molecule is CCOc1ccccc1CCC(=O)N1CC(Oc2cc(C)oc(=O)c2)C1. The van der Waals surface area contributed by atoms with Crippen molar-refractivity contribution < 1.29 is 18.7 Å². The molecule has 0 aliphatic carbocycles. The second-order valence-electron chi connectivity index (χ2n) is 6.30. The fourth-order valence-corrected chi connectivity index (χ4v) is 2.96. The van der Waals surface area contributed by atoms with Gasteiger partial charge in [0.05, 0.1) is 25.8 Å². The minimum Gasteiger partial charge on any atom is -0.494 e. The summed E-state index contributed by atoms with van der Waals surface area (Å²) < 4.78 is 16.2. The molecule has 0 radical (unpaired) electrons. The van der Waals surface area contributed by atoms with Crippen LogP contribution in [0.25, 0.3) is 0 Å². The van der Waals surface area contributed by atoms with E-state index in [0.29, 0.717) is 44.0 Å². The average molecular weight is 357 g/mol. The number of carbonyl (C=O) groups excluding carboxylic acids is 1. The molecule has 1 aliphatic rings. The van der Waals surface area contributed by atoms with E-state index in [1.165, 1.54) is 6.07 Å². The first kappa shape index (κ1) is 18.0. The van der Waals surface area contributed by atoms with Crippen LogP contribution in [0.3, 0.4) is 0 Å². The Kier molecular flexibility index (Phi) is 5.61. The number of ether oxygens (including phenoxy) is 2. The first-order valence-electron chi connectivity index (χ1n) is 8.82. The molecule has 26 heavy (non-hydrogen) atoms. The Morgan fingerprint density at radius 3 is 2.77 bits per heavy atom. The molecule has 1 aliphatic heterocycles. The number of amides is 1. The minimum atomic E-state index is -0.430. The molecule has 0 atom stereocenters. The third-order valence-electron chi connectivity index (χ3n) is 4.25. The van der Waals surface area contributed by atoms with Gasteiger partial charge >= 0.3 is 5.63 Å². The number of aryl methyl sites for hydroxylation is 2. The standard InChI is InChI=1S/C20H23NO5/c1-3-24-18-7-5-4-6-15(18)8-9-19(22)21-12-17(13-21)26-16-10-14(2)25-20(23)11-16/h4-7,10-11,17H,3,8-9,12-13H2,1-2H3. The summed E-state index contributed by atoms with van der Waals surface area (Å²) >= 11 is 0. The van der Waals surface area contributed by atoms with Gasteiger partial charge in [0.1, 0.15) is 23.4 Å². The quantitative estimate of drug-likeness (QED) is 0.762. The zero-order valence-electron chi connectivity index (χ0n) is 15.1. The molecule has 1 aromatic carbocycles. The van der Waals surface area contributed by atoms with Crippen molar-refractivity contribution in [1.82, 2.24) is 4.90 Å². The van der Waals surface area contributed by atoms with Crippen LogP contribution in [0.5, 0.6) is 11.5 Å². The molecule has 2 heterocycles. The molecule has 0 unspecified atom stereocenters. The molecule has 0 spiro atoms. The lowest BCUT2D eigenvalue weighted by Gasteiger charge is -2.39. The van der Waals surface area contributed by atoms with E-state index in [2.05, 4.69) is 0 Å². The fourth-order valence-electron chi connectivity index (χ4n) is 2.96. The number of carbonyl (C=O) groups is 1. The van der Waals surface area contributed by atoms with Crippen LogP contribution < -0.4 is 15.1 Å². The van der Waals surface area contributed by atoms with Crippen molar-refractivity contribution in [2.75, 3.05) is 19.7 Å². The van der Waals surface area contributed by atoms with Gasteiger partial charge in [0.2, 0.25) is 5.91 Å². The predicted octanol–water partition coefficient (Wildman–Crippen LogP) is 2.57. The van der Waals surface area contributed by atoms with Gasteiger partial charge in [-0.2, -0.15) is 0 Å². The molecule has 0 saturated carbocycles. The smallest absolute Gasteiger partial charge is 0.339 e. The summed E-state index contributed by atoms with van der Waals surface area (Å²) in [6.07, 6.45) is 0.997. The summed E-state index contributed by atoms with van der Waals surface area (Å²) in [5, 5.41) is 0. The lowest BCUT2D eigenvalue weighted by atomic mass is 10.1. The van der Waals surface area contributed by atoms with Crippen LogP contribution in [0.4, 0.5) is 0 Å². The Labute approximate surface area is 152 Å². The van der Waals surface area contributed by atoms with Crippen molar-refractivity contribution in [3.05, 3.63) is 58.1 Å². The van der Waals surface area contributed by atoms with Gasteiger partial charge in [-0.1, -0.05) is 18.2 Å². The van der Waals surface area contributed by atoms with Gasteiger partial charge in [0.15, 0.2) is 0 Å². The number of nitrogens with zero attached hydrogens (tertiary/aromatic N) is 1. The van der Waals surface area contributed by atoms with Crippen LogP contribution in [0, 0.1) is 6.92 Å². The van der Waals surface area contributed by atoms with Crippen molar-refractivity contribution in [1.29, 1.82) is 0 Å². The van der Waals surface area contributed by atoms with Crippen LogP contribution >= 0.6 is 0 Å². The van der Waals surface area contributed by atoms with Gasteiger partial charge in [0, 0.05) is 12.5 Å². The molecule has 6 heteroatoms. The van der Waals surface area contributed by atoms with Crippen molar-refractivity contribution >= 4 is 5.91 Å². The van der Waals surface area contributed by atoms with Gasteiger partial charge in [-0.25, -0.2) is 4.79 Å². The van der Waals surface area contributed by atoms with Crippen LogP contribution in [0.15, 0.2) is 45.6 Å². The minimum absolute atomic E-state index is 0.0872. The summed E-state index contributed by atoms with van der Waals surface area (Å²) in [6.45, 7) is 5.31. The van der Waals surface area contributed by atoms with Gasteiger partial charge in [-0.05, 0) is 31.9 Å². The maximum absolute atomic E-state index is 12.3. The Morgan fingerprint density at radius 2 is 2.04 bits per heavy atom. The molecule has 0 bridgehead atoms. The summed E-state index contributed by atoms with van der Waals surface area (Å²) in [4.78, 5) is 25.5. The second-order valence-corrected chi connectivity index (χ2v) is 6.30. The van der Waals surface area contributed by atoms with E-state index >= 15 is 0 Å². The van der Waals surface area contributed by atoms with E-state index in [9.17, 15) is 9.59 Å². The van der Waals surface area contributed by atoms with Crippen molar-refractivity contribution in [2.24, 2.45) is 0 Å². The highest BCUT2D eigenvalue weighted by Crippen LogP contribution is 2.22. The van der Waals surface area contributed by atoms with Gasteiger partial charge in [-0.15, -0.1) is 0 Å². The highest BCUT2D eigenvalue weighted by molar-refractivity contribution is 5.77. The van der Waals surface area contributed by atoms with Crippen molar-refractivity contribution in [3.63, 3.8) is 0 Å². The number of hydrogen-bond acceptors (Lipinski definition) is 5. The lowest BCUT2D eigenvalue weighted by Crippen LogP contribution is -2.56. The van der Waals surface area contributed by atoms with Crippen LogP contribution in [-0.4, -0.2) is 36.6 Å². The highest BCUT2D eigenvalue weighted by atomic mass is 16.5. The summed E-state index contributed by atoms with van der Waals surface area (Å²) in [5.41, 5.74) is 0.614. The summed E-state index contributed by atoms with van der Waals surface area (Å²) in [6, 6.07) is 10.8. The Morgan fingerprint density at radius 1 is 1.27 bits per heavy atom. The third-order valence-corrected chi connectivity index (χ3v) is 4.25. The number of rotatable bonds is 7. The normalized spacial score (nSPS) is 14.0. The van der Waals surface area contributed by atoms with Crippen molar-refractivity contribution in [3.8, 4) is 11.5 Å². The molecule has 3 rings (SSSR count). The van der Waals surface area contributed by atoms with Gasteiger partial charge in [0.25, 0.3) is 0 Å². The molecule has 1 saturated heterocycles. The first-order valence-corrected chi connectivity index (χ1v) is 8.82. The molecule has 1 amide bonds. The number of para-hydroxylation sites is 1. The topological polar surface area (TPSA) is 69.0 Å². The second kappa shape index (κ2) is 8.08. The van der Waals surface area contributed by atoms with E-state index in [0.717, 1.165) is 11.3 Å². The molecular formula is C20H23NO5. The Bertz CT molecular complexity index is 823. The maximum atomic E-state index is 12.3. The summed E-state index contributed by atoms with van der Waals surface area (Å²) in [7, 11) is 0. The van der Waals surface area contributed by atoms with E-state index < -0.39 is 5.63 Å². The molecule has 1 fully saturated rings. The van der Waals surface area contributed by atoms with E-state index in [-0.39, 0.29) is 12.0 Å². The predicted molar refractivity (Wildman–Crippen MR) is 96.6 cm³/mol. The monoisotopic (exact) mass is 357 g/mol. The third kappa shape index (κ3) is 4.45. The van der Waals surface area contributed by atoms with E-state index in [1.807, 2.05) is 31.2 Å².